The fourth-order valence-corrected chi connectivity index (χ4v) is 3.21. The minimum Gasteiger partial charge on any atom is -0.507 e. The molecule has 116 valence electrons. The lowest BCUT2D eigenvalue weighted by Gasteiger charge is -2.30. The van der Waals surface area contributed by atoms with E-state index in [-0.39, 0.29) is 11.7 Å². The van der Waals surface area contributed by atoms with Gasteiger partial charge in [0.15, 0.2) is 0 Å². The highest BCUT2D eigenvalue weighted by molar-refractivity contribution is 14.1. The smallest absolute Gasteiger partial charge is 0.254 e. The molecule has 3 nitrogen and oxygen atoms in total. The lowest BCUT2D eigenvalue weighted by Crippen LogP contribution is -2.40. The molecule has 0 spiro atoms. The Bertz CT molecular complexity index is 496. The number of hydrogen-bond donors (Lipinski definition) is 1. The van der Waals surface area contributed by atoms with E-state index in [9.17, 15) is 9.90 Å². The molecule has 1 N–H and O–H groups in total. The molecule has 1 aliphatic carbocycles. The van der Waals surface area contributed by atoms with E-state index in [4.69, 9.17) is 0 Å². The van der Waals surface area contributed by atoms with Gasteiger partial charge in [-0.25, -0.2) is 0 Å². The third kappa shape index (κ3) is 4.34. The zero-order valence-electron chi connectivity index (χ0n) is 12.8. The van der Waals surface area contributed by atoms with Gasteiger partial charge < -0.3 is 10.0 Å². The van der Waals surface area contributed by atoms with Crippen molar-refractivity contribution in [3.63, 3.8) is 0 Å². The van der Waals surface area contributed by atoms with Gasteiger partial charge in [0.1, 0.15) is 5.75 Å². The predicted octanol–water partition coefficient (Wildman–Crippen LogP) is 4.43. The van der Waals surface area contributed by atoms with Gasteiger partial charge in [-0.1, -0.05) is 26.7 Å². The van der Waals surface area contributed by atoms with Crippen LogP contribution < -0.4 is 0 Å². The Balaban J connectivity index is 2.17. The molecule has 0 radical (unpaired) electrons. The van der Waals surface area contributed by atoms with Gasteiger partial charge in [0.25, 0.3) is 5.91 Å². The maximum Gasteiger partial charge on any atom is 0.254 e. The van der Waals surface area contributed by atoms with Gasteiger partial charge >= 0.3 is 0 Å². The van der Waals surface area contributed by atoms with Gasteiger partial charge in [-0.3, -0.25) is 4.79 Å². The summed E-state index contributed by atoms with van der Waals surface area (Å²) in [5, 5.41) is 9.84. The van der Waals surface area contributed by atoms with Crippen LogP contribution in [0.4, 0.5) is 0 Å². The largest absolute Gasteiger partial charge is 0.507 e. The molecule has 1 amide bonds. The highest BCUT2D eigenvalue weighted by Crippen LogP contribution is 2.27. The number of rotatable bonds is 5. The predicted molar refractivity (Wildman–Crippen MR) is 93.6 cm³/mol. The van der Waals surface area contributed by atoms with E-state index in [1.807, 2.05) is 11.0 Å². The third-order valence-corrected chi connectivity index (χ3v) is 5.08. The summed E-state index contributed by atoms with van der Waals surface area (Å²) < 4.78 is 0.777. The van der Waals surface area contributed by atoms with Crippen LogP contribution in [0.15, 0.2) is 18.2 Å². The topological polar surface area (TPSA) is 40.5 Å². The normalized spacial score (nSPS) is 15.6. The average molecular weight is 401 g/mol. The highest BCUT2D eigenvalue weighted by atomic mass is 127. The molecule has 0 heterocycles. The second-order valence-corrected chi connectivity index (χ2v) is 7.45. The number of amides is 1. The van der Waals surface area contributed by atoms with Crippen molar-refractivity contribution >= 4 is 28.5 Å². The maximum atomic E-state index is 12.8. The monoisotopic (exact) mass is 401 g/mol. The number of phenols is 1. The van der Waals surface area contributed by atoms with E-state index < -0.39 is 0 Å². The fraction of sp³-hybridized carbons (Fsp3) is 0.588. The number of carbonyl (C=O) groups excluding carboxylic acids is 1. The molecular formula is C17H24INO2. The Morgan fingerprint density at radius 2 is 2.05 bits per heavy atom. The molecule has 0 saturated heterocycles. The summed E-state index contributed by atoms with van der Waals surface area (Å²) >= 11 is 2.07. The van der Waals surface area contributed by atoms with Crippen LogP contribution in [0, 0.1) is 9.49 Å². The number of nitrogens with zero attached hydrogens (tertiary/aromatic N) is 1. The number of carbonyl (C=O) groups is 1. The van der Waals surface area contributed by atoms with Crippen LogP contribution in [0.5, 0.6) is 5.75 Å². The molecule has 0 aromatic heterocycles. The van der Waals surface area contributed by atoms with E-state index in [2.05, 4.69) is 36.4 Å². The molecule has 4 heteroatoms. The number of phenolic OH excluding ortho intramolecular Hbond substituents is 1. The van der Waals surface area contributed by atoms with Crippen molar-refractivity contribution in [2.75, 3.05) is 6.54 Å². The van der Waals surface area contributed by atoms with Gasteiger partial charge in [0.05, 0.1) is 3.57 Å². The maximum absolute atomic E-state index is 12.8. The van der Waals surface area contributed by atoms with Crippen LogP contribution in [0.2, 0.25) is 0 Å². The minimum atomic E-state index is 0.0641. The van der Waals surface area contributed by atoms with Crippen LogP contribution in [0.3, 0.4) is 0 Å². The summed E-state index contributed by atoms with van der Waals surface area (Å²) in [6, 6.07) is 5.60. The average Bonchev–Trinajstić information content (AvgIpc) is 2.95. The molecule has 1 fully saturated rings. The second-order valence-electron chi connectivity index (χ2n) is 6.29. The molecule has 1 saturated carbocycles. The van der Waals surface area contributed by atoms with Crippen molar-refractivity contribution in [3.05, 3.63) is 27.3 Å². The van der Waals surface area contributed by atoms with Gasteiger partial charge in [0, 0.05) is 18.2 Å². The Morgan fingerprint density at radius 1 is 1.38 bits per heavy atom. The quantitative estimate of drug-likeness (QED) is 0.742. The fourth-order valence-electron chi connectivity index (χ4n) is 2.87. The molecule has 0 bridgehead atoms. The van der Waals surface area contributed by atoms with Crippen molar-refractivity contribution in [2.45, 2.75) is 52.0 Å². The molecule has 1 aromatic carbocycles. The number of aromatic hydroxyl groups is 1. The number of halogens is 1. The Labute approximate surface area is 140 Å². The number of hydrogen-bond acceptors (Lipinski definition) is 2. The zero-order chi connectivity index (χ0) is 15.4. The molecule has 1 aromatic rings. The highest BCUT2D eigenvalue weighted by Gasteiger charge is 2.27. The van der Waals surface area contributed by atoms with Crippen molar-refractivity contribution in [1.82, 2.24) is 4.90 Å². The van der Waals surface area contributed by atoms with Crippen LogP contribution in [-0.4, -0.2) is 28.5 Å². The van der Waals surface area contributed by atoms with Gasteiger partial charge in [-0.2, -0.15) is 0 Å². The van der Waals surface area contributed by atoms with Crippen LogP contribution in [0.1, 0.15) is 56.3 Å². The Hall–Kier alpha value is -0.780. The van der Waals surface area contributed by atoms with E-state index in [0.717, 1.165) is 29.4 Å². The molecule has 2 rings (SSSR count). The summed E-state index contributed by atoms with van der Waals surface area (Å²) in [6.45, 7) is 5.19. The zero-order valence-corrected chi connectivity index (χ0v) is 15.0. The SMILES string of the molecule is CC(C)CCN(C(=O)c1ccc(I)c(O)c1)C1CCCC1. The van der Waals surface area contributed by atoms with E-state index in [0.29, 0.717) is 17.5 Å². The van der Waals surface area contributed by atoms with Gasteiger partial charge in [-0.05, 0) is 66.0 Å². The van der Waals surface area contributed by atoms with Crippen molar-refractivity contribution in [3.8, 4) is 5.75 Å². The molecular weight excluding hydrogens is 377 g/mol. The van der Waals surface area contributed by atoms with Crippen molar-refractivity contribution < 1.29 is 9.90 Å². The molecule has 0 atom stereocenters. The van der Waals surface area contributed by atoms with E-state index in [1.54, 1.807) is 12.1 Å². The third-order valence-electron chi connectivity index (χ3n) is 4.17. The summed E-state index contributed by atoms with van der Waals surface area (Å²) in [4.78, 5) is 14.9. The van der Waals surface area contributed by atoms with Crippen molar-refractivity contribution in [1.29, 1.82) is 0 Å². The summed E-state index contributed by atoms with van der Waals surface area (Å²) in [6.07, 6.45) is 5.68. The second kappa shape index (κ2) is 7.47. The summed E-state index contributed by atoms with van der Waals surface area (Å²) in [5.74, 6) is 0.845. The minimum absolute atomic E-state index is 0.0641. The lowest BCUT2D eigenvalue weighted by atomic mass is 10.1. The summed E-state index contributed by atoms with van der Waals surface area (Å²) in [7, 11) is 0. The lowest BCUT2D eigenvalue weighted by molar-refractivity contribution is 0.0671. The van der Waals surface area contributed by atoms with Crippen LogP contribution in [-0.2, 0) is 0 Å². The van der Waals surface area contributed by atoms with Crippen LogP contribution in [0.25, 0.3) is 0 Å². The Kier molecular flexibility index (Phi) is 5.90. The first-order valence-electron chi connectivity index (χ1n) is 7.78. The van der Waals surface area contributed by atoms with E-state index >= 15 is 0 Å². The van der Waals surface area contributed by atoms with Crippen LogP contribution >= 0.6 is 22.6 Å². The first-order chi connectivity index (χ1) is 9.99. The summed E-state index contributed by atoms with van der Waals surface area (Å²) in [5.41, 5.74) is 0.601. The van der Waals surface area contributed by atoms with Gasteiger partial charge in [0.2, 0.25) is 0 Å². The molecule has 21 heavy (non-hydrogen) atoms. The van der Waals surface area contributed by atoms with Crippen molar-refractivity contribution in [2.24, 2.45) is 5.92 Å². The standard InChI is InChI=1S/C17H24INO2/c1-12(2)9-10-19(14-5-3-4-6-14)17(21)13-7-8-15(18)16(20)11-13/h7-8,11-12,14,20H,3-6,9-10H2,1-2H3. The molecule has 0 aliphatic heterocycles. The molecule has 1 aliphatic rings. The molecule has 0 unspecified atom stereocenters. The van der Waals surface area contributed by atoms with Gasteiger partial charge in [-0.15, -0.1) is 0 Å². The Morgan fingerprint density at radius 3 is 2.62 bits per heavy atom. The number of benzene rings is 1. The first-order valence-corrected chi connectivity index (χ1v) is 8.86. The first kappa shape index (κ1) is 16.6. The van der Waals surface area contributed by atoms with E-state index in [1.165, 1.54) is 12.8 Å².